The Morgan fingerprint density at radius 3 is 2.45 bits per heavy atom. The van der Waals surface area contributed by atoms with E-state index in [0.29, 0.717) is 13.0 Å². The van der Waals surface area contributed by atoms with Crippen LogP contribution in [0.5, 0.6) is 0 Å². The lowest BCUT2D eigenvalue weighted by Gasteiger charge is -2.07. The predicted molar refractivity (Wildman–Crippen MR) is 45.7 cm³/mol. The number of hydrogen-bond donors (Lipinski definition) is 2. The summed E-state index contributed by atoms with van der Waals surface area (Å²) < 4.78 is 24.0. The molecule has 3 N–H and O–H groups in total. The van der Waals surface area contributed by atoms with Crippen molar-refractivity contribution in [2.24, 2.45) is 11.7 Å². The van der Waals surface area contributed by atoms with Gasteiger partial charge in [-0.05, 0) is 25.9 Å². The minimum atomic E-state index is -3.03. The molecule has 0 aromatic carbocycles. The van der Waals surface area contributed by atoms with Crippen LogP contribution in [0.2, 0.25) is 0 Å². The van der Waals surface area contributed by atoms with E-state index in [2.05, 4.69) is 4.72 Å². The first-order valence-electron chi connectivity index (χ1n) is 3.63. The number of rotatable bonds is 5. The third kappa shape index (κ3) is 5.17. The quantitative estimate of drug-likeness (QED) is 0.600. The van der Waals surface area contributed by atoms with Crippen molar-refractivity contribution >= 4 is 10.0 Å². The van der Waals surface area contributed by atoms with E-state index in [1.165, 1.54) is 7.05 Å². The van der Waals surface area contributed by atoms with Gasteiger partial charge in [-0.2, -0.15) is 0 Å². The maximum Gasteiger partial charge on any atom is 0.211 e. The van der Waals surface area contributed by atoms with Crippen molar-refractivity contribution in [3.63, 3.8) is 0 Å². The van der Waals surface area contributed by atoms with E-state index >= 15 is 0 Å². The number of sulfonamides is 1. The van der Waals surface area contributed by atoms with Gasteiger partial charge in [0.25, 0.3) is 0 Å². The van der Waals surface area contributed by atoms with Gasteiger partial charge in [0, 0.05) is 0 Å². The summed E-state index contributed by atoms with van der Waals surface area (Å²) in [5.74, 6) is 0.445. The lowest BCUT2D eigenvalue weighted by Crippen LogP contribution is -2.24. The second kappa shape index (κ2) is 4.69. The molecule has 0 aliphatic rings. The van der Waals surface area contributed by atoms with E-state index in [9.17, 15) is 8.42 Å². The van der Waals surface area contributed by atoms with Crippen LogP contribution in [0, 0.1) is 5.92 Å². The highest BCUT2D eigenvalue weighted by Crippen LogP contribution is 2.00. The lowest BCUT2D eigenvalue weighted by molar-refractivity contribution is 0.549. The summed E-state index contributed by atoms with van der Waals surface area (Å²) >= 11 is 0. The molecule has 0 saturated heterocycles. The molecule has 0 aromatic rings. The average molecular weight is 180 g/mol. The fourth-order valence-corrected chi connectivity index (χ4v) is 1.49. The standard InChI is InChI=1S/C6H16N2O2S/c1-6(5-7)3-4-11(9,10)8-2/h6,8H,3-5,7H2,1-2H3/t6-/m1/s1. The number of nitrogens with two attached hydrogens (primary N) is 1. The summed E-state index contributed by atoms with van der Waals surface area (Å²) in [6.45, 7) is 2.48. The van der Waals surface area contributed by atoms with E-state index in [-0.39, 0.29) is 11.7 Å². The van der Waals surface area contributed by atoms with Crippen molar-refractivity contribution in [1.82, 2.24) is 4.72 Å². The molecule has 1 atom stereocenters. The highest BCUT2D eigenvalue weighted by molar-refractivity contribution is 7.89. The van der Waals surface area contributed by atoms with Crippen molar-refractivity contribution in [1.29, 1.82) is 0 Å². The smallest absolute Gasteiger partial charge is 0.211 e. The molecular formula is C6H16N2O2S. The summed E-state index contributed by atoms with van der Waals surface area (Å²) in [4.78, 5) is 0. The first kappa shape index (κ1) is 10.9. The molecule has 0 saturated carbocycles. The molecule has 0 aliphatic carbocycles. The van der Waals surface area contributed by atoms with Crippen LogP contribution in [0.4, 0.5) is 0 Å². The molecule has 0 rings (SSSR count). The van der Waals surface area contributed by atoms with Gasteiger partial charge in [-0.15, -0.1) is 0 Å². The molecule has 0 bridgehead atoms. The van der Waals surface area contributed by atoms with Gasteiger partial charge in [0.15, 0.2) is 0 Å². The monoisotopic (exact) mass is 180 g/mol. The molecule has 5 heteroatoms. The lowest BCUT2D eigenvalue weighted by atomic mass is 10.1. The summed E-state index contributed by atoms with van der Waals surface area (Å²) in [6.07, 6.45) is 0.625. The Labute approximate surface area is 68.2 Å². The van der Waals surface area contributed by atoms with Crippen molar-refractivity contribution in [3.8, 4) is 0 Å². The van der Waals surface area contributed by atoms with Crippen LogP contribution in [0.15, 0.2) is 0 Å². The largest absolute Gasteiger partial charge is 0.330 e. The molecule has 0 heterocycles. The molecule has 0 radical (unpaired) electrons. The van der Waals surface area contributed by atoms with Crippen LogP contribution in [0.3, 0.4) is 0 Å². The number of hydrogen-bond acceptors (Lipinski definition) is 3. The minimum absolute atomic E-state index is 0.169. The maximum atomic E-state index is 10.9. The predicted octanol–water partition coefficient (Wildman–Crippen LogP) is -0.479. The van der Waals surface area contributed by atoms with Gasteiger partial charge in [0.05, 0.1) is 5.75 Å². The van der Waals surface area contributed by atoms with E-state index < -0.39 is 10.0 Å². The highest BCUT2D eigenvalue weighted by Gasteiger charge is 2.08. The van der Waals surface area contributed by atoms with Gasteiger partial charge < -0.3 is 5.73 Å². The van der Waals surface area contributed by atoms with Crippen LogP contribution in [0.1, 0.15) is 13.3 Å². The van der Waals surface area contributed by atoms with Crippen molar-refractivity contribution < 1.29 is 8.42 Å². The fourth-order valence-electron chi connectivity index (χ4n) is 0.576. The Kier molecular flexibility index (Phi) is 4.63. The van der Waals surface area contributed by atoms with E-state index in [0.717, 1.165) is 0 Å². The first-order chi connectivity index (χ1) is 5.02. The molecule has 0 spiro atoms. The Balaban J connectivity index is 3.71. The van der Waals surface area contributed by atoms with Crippen molar-refractivity contribution in [3.05, 3.63) is 0 Å². The van der Waals surface area contributed by atoms with Gasteiger partial charge in [-0.25, -0.2) is 13.1 Å². The summed E-state index contributed by atoms with van der Waals surface area (Å²) in [5, 5.41) is 0. The Morgan fingerprint density at radius 1 is 1.55 bits per heavy atom. The SMILES string of the molecule is CNS(=O)(=O)CC[C@@H](C)CN. The fraction of sp³-hybridized carbons (Fsp3) is 1.00. The molecule has 0 fully saturated rings. The van der Waals surface area contributed by atoms with Gasteiger partial charge in [0.1, 0.15) is 0 Å². The van der Waals surface area contributed by atoms with Crippen molar-refractivity contribution in [2.45, 2.75) is 13.3 Å². The molecule has 0 aromatic heterocycles. The normalized spacial score (nSPS) is 14.8. The summed E-state index contributed by atoms with van der Waals surface area (Å²) in [7, 11) is -1.61. The van der Waals surface area contributed by atoms with Crippen LogP contribution in [-0.4, -0.2) is 27.8 Å². The average Bonchev–Trinajstić information content (AvgIpc) is 2.00. The van der Waals surface area contributed by atoms with Gasteiger partial charge in [0.2, 0.25) is 10.0 Å². The zero-order chi connectivity index (χ0) is 8.91. The van der Waals surface area contributed by atoms with Crippen LogP contribution in [0.25, 0.3) is 0 Å². The van der Waals surface area contributed by atoms with Gasteiger partial charge in [-0.3, -0.25) is 0 Å². The topological polar surface area (TPSA) is 72.2 Å². The molecule has 0 unspecified atom stereocenters. The van der Waals surface area contributed by atoms with Gasteiger partial charge in [-0.1, -0.05) is 6.92 Å². The highest BCUT2D eigenvalue weighted by atomic mass is 32.2. The molecule has 4 nitrogen and oxygen atoms in total. The van der Waals surface area contributed by atoms with E-state index in [1.54, 1.807) is 0 Å². The summed E-state index contributed by atoms with van der Waals surface area (Å²) in [6, 6.07) is 0. The third-order valence-corrected chi connectivity index (χ3v) is 2.99. The van der Waals surface area contributed by atoms with E-state index in [4.69, 9.17) is 5.73 Å². The summed E-state index contributed by atoms with van der Waals surface area (Å²) in [5.41, 5.74) is 5.33. The number of nitrogens with one attached hydrogen (secondary N) is 1. The van der Waals surface area contributed by atoms with Crippen LogP contribution >= 0.6 is 0 Å². The second-order valence-electron chi connectivity index (χ2n) is 2.65. The maximum absolute atomic E-state index is 10.9. The van der Waals surface area contributed by atoms with Gasteiger partial charge >= 0.3 is 0 Å². The zero-order valence-electron chi connectivity index (χ0n) is 7.00. The zero-order valence-corrected chi connectivity index (χ0v) is 7.82. The molecule has 68 valence electrons. The van der Waals surface area contributed by atoms with Crippen molar-refractivity contribution in [2.75, 3.05) is 19.3 Å². The third-order valence-electron chi connectivity index (χ3n) is 1.59. The molecule has 11 heavy (non-hydrogen) atoms. The Bertz CT molecular complexity index is 189. The minimum Gasteiger partial charge on any atom is -0.330 e. The van der Waals surface area contributed by atoms with E-state index in [1.807, 2.05) is 6.92 Å². The molecular weight excluding hydrogens is 164 g/mol. The second-order valence-corrected chi connectivity index (χ2v) is 4.70. The Morgan fingerprint density at radius 2 is 2.09 bits per heavy atom. The van der Waals surface area contributed by atoms with Crippen LogP contribution in [-0.2, 0) is 10.0 Å². The Hall–Kier alpha value is -0.130. The van der Waals surface area contributed by atoms with Crippen LogP contribution < -0.4 is 10.5 Å². The molecule has 0 amide bonds. The molecule has 0 aliphatic heterocycles. The first-order valence-corrected chi connectivity index (χ1v) is 5.28.